The predicted molar refractivity (Wildman–Crippen MR) is 60.6 cm³/mol. The van der Waals surface area contributed by atoms with E-state index in [2.05, 4.69) is 20.9 Å². The molecule has 15 heavy (non-hydrogen) atoms. The number of aromatic nitrogens is 2. The maximum Gasteiger partial charge on any atom is 0.180 e. The Balaban J connectivity index is 2.34. The lowest BCUT2D eigenvalue weighted by molar-refractivity contribution is 0.577. The first kappa shape index (κ1) is 8.73. The number of halogens is 1. The van der Waals surface area contributed by atoms with Crippen LogP contribution in [0.2, 0.25) is 0 Å². The first-order chi connectivity index (χ1) is 7.36. The van der Waals surface area contributed by atoms with E-state index in [0.29, 0.717) is 0 Å². The third-order valence-electron chi connectivity index (χ3n) is 2.26. The van der Waals surface area contributed by atoms with E-state index in [-0.39, 0.29) is 0 Å². The third kappa shape index (κ3) is 1.29. The molecular formula is C11H7BrN2O. The number of rotatable bonds is 1. The quantitative estimate of drug-likeness (QED) is 0.674. The summed E-state index contributed by atoms with van der Waals surface area (Å²) < 4.78 is 8.34. The molecule has 0 amide bonds. The monoisotopic (exact) mass is 262 g/mol. The van der Waals surface area contributed by atoms with Crippen LogP contribution in [0.25, 0.3) is 17.1 Å². The Hall–Kier alpha value is -1.55. The minimum absolute atomic E-state index is 0.771. The molecule has 0 atom stereocenters. The lowest BCUT2D eigenvalue weighted by Crippen LogP contribution is -1.87. The average molecular weight is 263 g/mol. The lowest BCUT2D eigenvalue weighted by Gasteiger charge is -1.98. The van der Waals surface area contributed by atoms with Gasteiger partial charge in [0.15, 0.2) is 11.6 Å². The maximum atomic E-state index is 5.33. The second kappa shape index (κ2) is 3.24. The second-order valence-electron chi connectivity index (χ2n) is 3.17. The molecule has 4 heteroatoms. The van der Waals surface area contributed by atoms with Crippen molar-refractivity contribution in [1.29, 1.82) is 0 Å². The zero-order valence-electron chi connectivity index (χ0n) is 7.72. The van der Waals surface area contributed by atoms with Gasteiger partial charge in [-0.3, -0.25) is 4.40 Å². The molecule has 0 fully saturated rings. The molecule has 0 unspecified atom stereocenters. The lowest BCUT2D eigenvalue weighted by atomic mass is 10.4. The van der Waals surface area contributed by atoms with Crippen LogP contribution in [-0.4, -0.2) is 9.38 Å². The summed E-state index contributed by atoms with van der Waals surface area (Å²) in [6.07, 6.45) is 5.43. The fourth-order valence-electron chi connectivity index (χ4n) is 1.58. The van der Waals surface area contributed by atoms with E-state index in [4.69, 9.17) is 4.42 Å². The highest BCUT2D eigenvalue weighted by Gasteiger charge is 2.09. The summed E-state index contributed by atoms with van der Waals surface area (Å²) >= 11 is 3.48. The standard InChI is InChI=1S/C11H7BrN2O/c12-8-3-1-5-14-9(8)7-13-11(14)10-4-2-6-15-10/h1-7H. The second-order valence-corrected chi connectivity index (χ2v) is 4.02. The van der Waals surface area contributed by atoms with Crippen LogP contribution in [0.3, 0.4) is 0 Å². The van der Waals surface area contributed by atoms with Gasteiger partial charge in [-0.05, 0) is 40.2 Å². The molecule has 0 aliphatic carbocycles. The molecule has 3 nitrogen and oxygen atoms in total. The maximum absolute atomic E-state index is 5.33. The molecular weight excluding hydrogens is 256 g/mol. The minimum Gasteiger partial charge on any atom is -0.461 e. The minimum atomic E-state index is 0.771. The Labute approximate surface area is 94.5 Å². The molecule has 3 aromatic heterocycles. The van der Waals surface area contributed by atoms with E-state index in [1.165, 1.54) is 0 Å². The topological polar surface area (TPSA) is 30.4 Å². The molecule has 0 N–H and O–H groups in total. The zero-order chi connectivity index (χ0) is 10.3. The summed E-state index contributed by atoms with van der Waals surface area (Å²) in [6.45, 7) is 0. The van der Waals surface area contributed by atoms with Crippen LogP contribution in [0.5, 0.6) is 0 Å². The van der Waals surface area contributed by atoms with Gasteiger partial charge in [-0.25, -0.2) is 4.98 Å². The third-order valence-corrected chi connectivity index (χ3v) is 2.93. The summed E-state index contributed by atoms with van der Waals surface area (Å²) in [5, 5.41) is 0. The van der Waals surface area contributed by atoms with Crippen LogP contribution in [0.15, 0.2) is 51.8 Å². The van der Waals surface area contributed by atoms with Crippen molar-refractivity contribution >= 4 is 21.4 Å². The van der Waals surface area contributed by atoms with E-state index < -0.39 is 0 Å². The summed E-state index contributed by atoms with van der Waals surface area (Å²) in [5.74, 6) is 1.59. The highest BCUT2D eigenvalue weighted by Crippen LogP contribution is 2.24. The Kier molecular flexibility index (Phi) is 1.89. The van der Waals surface area contributed by atoms with Gasteiger partial charge in [-0.2, -0.15) is 0 Å². The molecule has 3 heterocycles. The molecule has 0 saturated carbocycles. The van der Waals surface area contributed by atoms with Crippen LogP contribution >= 0.6 is 15.9 Å². The predicted octanol–water partition coefficient (Wildman–Crippen LogP) is 3.36. The summed E-state index contributed by atoms with van der Waals surface area (Å²) in [7, 11) is 0. The number of nitrogens with zero attached hydrogens (tertiary/aromatic N) is 2. The van der Waals surface area contributed by atoms with Crippen molar-refractivity contribution in [3.05, 3.63) is 47.4 Å². The van der Waals surface area contributed by atoms with Crippen molar-refractivity contribution in [3.8, 4) is 11.6 Å². The van der Waals surface area contributed by atoms with E-state index >= 15 is 0 Å². The molecule has 0 aromatic carbocycles. The molecule has 0 radical (unpaired) electrons. The van der Waals surface area contributed by atoms with Gasteiger partial charge in [0.2, 0.25) is 0 Å². The number of hydrogen-bond donors (Lipinski definition) is 0. The Morgan fingerprint density at radius 3 is 3.00 bits per heavy atom. The Bertz CT molecular complexity index is 598. The summed E-state index contributed by atoms with van der Waals surface area (Å²) in [6, 6.07) is 7.71. The number of pyridine rings is 1. The normalized spacial score (nSPS) is 11.0. The molecule has 3 aromatic rings. The van der Waals surface area contributed by atoms with Gasteiger partial charge in [-0.1, -0.05) is 0 Å². The SMILES string of the molecule is Brc1cccn2c(-c3ccco3)ncc12. The molecule has 0 aliphatic rings. The van der Waals surface area contributed by atoms with Crippen molar-refractivity contribution in [2.75, 3.05) is 0 Å². The van der Waals surface area contributed by atoms with E-state index in [0.717, 1.165) is 21.6 Å². The first-order valence-electron chi connectivity index (χ1n) is 4.52. The van der Waals surface area contributed by atoms with Gasteiger partial charge < -0.3 is 4.42 Å². The number of hydrogen-bond acceptors (Lipinski definition) is 2. The zero-order valence-corrected chi connectivity index (χ0v) is 9.31. The van der Waals surface area contributed by atoms with Crippen LogP contribution in [-0.2, 0) is 0 Å². The average Bonchev–Trinajstić information content (AvgIpc) is 2.85. The molecule has 3 rings (SSSR count). The van der Waals surface area contributed by atoms with Crippen molar-refractivity contribution in [3.63, 3.8) is 0 Å². The molecule has 0 spiro atoms. The summed E-state index contributed by atoms with van der Waals surface area (Å²) in [5.41, 5.74) is 1.03. The number of fused-ring (bicyclic) bond motifs is 1. The van der Waals surface area contributed by atoms with Crippen molar-refractivity contribution in [1.82, 2.24) is 9.38 Å². The molecule has 0 saturated heterocycles. The number of furan rings is 1. The molecule has 74 valence electrons. The van der Waals surface area contributed by atoms with Crippen molar-refractivity contribution < 1.29 is 4.42 Å². The van der Waals surface area contributed by atoms with Crippen molar-refractivity contribution in [2.24, 2.45) is 0 Å². The highest BCUT2D eigenvalue weighted by atomic mass is 79.9. The van der Waals surface area contributed by atoms with Crippen LogP contribution in [0.4, 0.5) is 0 Å². The first-order valence-corrected chi connectivity index (χ1v) is 5.31. The van der Waals surface area contributed by atoms with Crippen LogP contribution in [0.1, 0.15) is 0 Å². The van der Waals surface area contributed by atoms with Gasteiger partial charge >= 0.3 is 0 Å². The molecule has 0 aliphatic heterocycles. The fraction of sp³-hybridized carbons (Fsp3) is 0. The van der Waals surface area contributed by atoms with Gasteiger partial charge in [-0.15, -0.1) is 0 Å². The smallest absolute Gasteiger partial charge is 0.180 e. The van der Waals surface area contributed by atoms with E-state index in [9.17, 15) is 0 Å². The molecule has 0 bridgehead atoms. The Morgan fingerprint density at radius 2 is 2.20 bits per heavy atom. The number of imidazole rings is 1. The fourth-order valence-corrected chi connectivity index (χ4v) is 2.02. The van der Waals surface area contributed by atoms with Crippen LogP contribution < -0.4 is 0 Å². The van der Waals surface area contributed by atoms with Crippen molar-refractivity contribution in [2.45, 2.75) is 0 Å². The van der Waals surface area contributed by atoms with Gasteiger partial charge in [0.1, 0.15) is 0 Å². The summed E-state index contributed by atoms with van der Waals surface area (Å²) in [4.78, 5) is 4.34. The van der Waals surface area contributed by atoms with Gasteiger partial charge in [0.25, 0.3) is 0 Å². The Morgan fingerprint density at radius 1 is 1.27 bits per heavy atom. The van der Waals surface area contributed by atoms with Gasteiger partial charge in [0, 0.05) is 10.7 Å². The van der Waals surface area contributed by atoms with Gasteiger partial charge in [0.05, 0.1) is 18.0 Å². The van der Waals surface area contributed by atoms with E-state index in [1.807, 2.05) is 41.1 Å². The highest BCUT2D eigenvalue weighted by molar-refractivity contribution is 9.10. The largest absolute Gasteiger partial charge is 0.461 e. The van der Waals surface area contributed by atoms with E-state index in [1.54, 1.807) is 6.26 Å². The van der Waals surface area contributed by atoms with Crippen LogP contribution in [0, 0.1) is 0 Å².